The van der Waals surface area contributed by atoms with Crippen LogP contribution in [-0.2, 0) is 56.9 Å². The number of Topliss-reactive ketones (excluding diaryl/α,β-unsaturated/α-hetero) is 1. The number of aliphatic carboxylic acids is 1. The third-order valence-electron chi connectivity index (χ3n) is 15.2. The van der Waals surface area contributed by atoms with Gasteiger partial charge in [-0.3, -0.25) is 9.59 Å². The highest BCUT2D eigenvalue weighted by molar-refractivity contribution is 5.96. The van der Waals surface area contributed by atoms with Gasteiger partial charge in [0.2, 0.25) is 0 Å². The molecule has 380 valence electrons. The number of hydrogen-bond acceptors (Lipinski definition) is 19. The molecule has 0 amide bonds. The van der Waals surface area contributed by atoms with E-state index in [1.807, 2.05) is 26.8 Å². The molecule has 2 aliphatic carbocycles. The van der Waals surface area contributed by atoms with Gasteiger partial charge in [0.25, 0.3) is 0 Å². The smallest absolute Gasteiger partial charge is 0.307 e. The highest BCUT2D eigenvalue weighted by atomic mass is 16.8. The topological polar surface area (TPSA) is 270 Å². The number of carbonyl (C=O) groups excluding carboxylic acids is 1. The van der Waals surface area contributed by atoms with Crippen LogP contribution in [-0.4, -0.2) is 187 Å². The molecule has 6 aliphatic rings. The van der Waals surface area contributed by atoms with E-state index in [0.29, 0.717) is 43.4 Å². The molecule has 0 aromatic carbocycles. The molecule has 20 nitrogen and oxygen atoms in total. The number of ether oxygens (including phenoxy) is 11. The Balaban J connectivity index is 0.920. The number of aryl methyl sites for hydroxylation is 1. The lowest BCUT2D eigenvalue weighted by Crippen LogP contribution is -2.62. The molecule has 20 heteroatoms. The highest BCUT2D eigenvalue weighted by Gasteiger charge is 2.54. The monoisotopic (exact) mass is 956 g/mol. The summed E-state index contributed by atoms with van der Waals surface area (Å²) in [7, 11) is 4.67. The van der Waals surface area contributed by atoms with Crippen molar-refractivity contribution in [2.45, 2.75) is 203 Å². The lowest BCUT2D eigenvalue weighted by molar-refractivity contribution is -0.357. The minimum Gasteiger partial charge on any atom is -0.481 e. The van der Waals surface area contributed by atoms with E-state index in [0.717, 1.165) is 5.57 Å². The first-order valence-electron chi connectivity index (χ1n) is 23.6. The number of aliphatic hydroxyl groups is 5. The first-order valence-corrected chi connectivity index (χ1v) is 23.6. The first kappa shape index (κ1) is 52.3. The van der Waals surface area contributed by atoms with Gasteiger partial charge in [-0.15, -0.1) is 0 Å². The summed E-state index contributed by atoms with van der Waals surface area (Å²) in [5.41, 5.74) is 0.848. The zero-order valence-corrected chi connectivity index (χ0v) is 39.6. The lowest BCUT2D eigenvalue weighted by Gasteiger charge is -2.52. The average Bonchev–Trinajstić information content (AvgIpc) is 3.73. The Hall–Kier alpha value is -2.48. The van der Waals surface area contributed by atoms with E-state index in [-0.39, 0.29) is 31.0 Å². The molecule has 6 N–H and O–H groups in total. The minimum absolute atomic E-state index is 0.101. The maximum Gasteiger partial charge on any atom is 0.307 e. The number of hydrogen-bond donors (Lipinski definition) is 6. The molecule has 1 aromatic heterocycles. The molecule has 5 heterocycles. The molecule has 0 bridgehead atoms. The number of carbonyl (C=O) groups is 2. The molecule has 22 atom stereocenters. The van der Waals surface area contributed by atoms with Crippen LogP contribution in [0, 0.1) is 24.2 Å². The third-order valence-corrected chi connectivity index (χ3v) is 15.2. The Morgan fingerprint density at radius 2 is 1.28 bits per heavy atom. The molecular weight excluding hydrogens is 884 g/mol. The molecule has 4 saturated heterocycles. The van der Waals surface area contributed by atoms with Crippen LogP contribution in [0.25, 0.3) is 0 Å². The number of fused-ring (bicyclic) bond motifs is 1. The van der Waals surface area contributed by atoms with E-state index in [9.17, 15) is 40.2 Å². The second kappa shape index (κ2) is 22.3. The van der Waals surface area contributed by atoms with Crippen molar-refractivity contribution in [3.05, 3.63) is 35.3 Å². The predicted molar refractivity (Wildman–Crippen MR) is 230 cm³/mol. The molecular formula is C47H72O20. The normalized spacial score (nSPS) is 45.0. The fourth-order valence-corrected chi connectivity index (χ4v) is 11.3. The highest BCUT2D eigenvalue weighted by Crippen LogP contribution is 2.55. The van der Waals surface area contributed by atoms with Crippen LogP contribution in [0.2, 0.25) is 0 Å². The standard InChI is InChI=1S/C47H72O20/c1-21-26(13-14-59-21)29(49)12-11-28-27(45(54)55)10-9-25-15-31(30(50)19-47(25,28)5)63-36-16-32(56-6)42(22(2)60-36)65-37-17-33(57-7)43(23(3)61-37)66-38-18-34(58-8)44(24(4)62-38)67-46-41(53)40(52)39(51)35(20-48)64-46/h9,13-14,22-24,27-28,30-44,46,48,50-53H,10-12,15-20H2,1-8H3,(H,54,55). The number of allylic oxidation sites excluding steroid dienone is 1. The summed E-state index contributed by atoms with van der Waals surface area (Å²) < 4.78 is 73.2. The first-order chi connectivity index (χ1) is 31.9. The third kappa shape index (κ3) is 11.2. The number of furan rings is 1. The van der Waals surface area contributed by atoms with E-state index in [1.54, 1.807) is 34.1 Å². The maximum absolute atomic E-state index is 13.1. The average molecular weight is 957 g/mol. The van der Waals surface area contributed by atoms with Crippen LogP contribution in [0.15, 0.2) is 28.4 Å². The Morgan fingerprint density at radius 1 is 0.746 bits per heavy atom. The maximum atomic E-state index is 13.1. The van der Waals surface area contributed by atoms with Crippen LogP contribution in [0.5, 0.6) is 0 Å². The van der Waals surface area contributed by atoms with Crippen LogP contribution < -0.4 is 0 Å². The molecule has 22 unspecified atom stereocenters. The fraction of sp³-hybridized carbons (Fsp3) is 0.830. The van der Waals surface area contributed by atoms with Gasteiger partial charge in [0.1, 0.15) is 48.5 Å². The number of methoxy groups -OCH3 is 3. The van der Waals surface area contributed by atoms with Gasteiger partial charge in [-0.1, -0.05) is 18.6 Å². The quantitative estimate of drug-likeness (QED) is 0.0965. The number of aliphatic hydroxyl groups excluding tert-OH is 5. The van der Waals surface area contributed by atoms with Crippen LogP contribution in [0.4, 0.5) is 0 Å². The van der Waals surface area contributed by atoms with Gasteiger partial charge in [-0.2, -0.15) is 0 Å². The van der Waals surface area contributed by atoms with Crippen molar-refractivity contribution in [2.75, 3.05) is 27.9 Å². The van der Waals surface area contributed by atoms with Gasteiger partial charge in [0, 0.05) is 47.0 Å². The molecule has 0 radical (unpaired) electrons. The predicted octanol–water partition coefficient (Wildman–Crippen LogP) is 2.15. The summed E-state index contributed by atoms with van der Waals surface area (Å²) in [5, 5.41) is 62.5. The number of carboxylic acids is 1. The second-order valence-electron chi connectivity index (χ2n) is 19.3. The van der Waals surface area contributed by atoms with Crippen molar-refractivity contribution >= 4 is 11.8 Å². The zero-order valence-electron chi connectivity index (χ0n) is 39.6. The van der Waals surface area contributed by atoms with Gasteiger partial charge in [-0.05, 0) is 70.8 Å². The Kier molecular flexibility index (Phi) is 17.4. The lowest BCUT2D eigenvalue weighted by atomic mass is 9.55. The molecule has 1 aromatic rings. The van der Waals surface area contributed by atoms with Crippen molar-refractivity contribution < 1.29 is 96.8 Å². The SMILES string of the molecule is COC1CC(OC2CC3=CCC(C(=O)O)C(CCC(=O)c4ccoc4C)C3(C)CC2O)OC(C)C1OC1CC(OC)C(OC2CC(OC)C(OC3OC(CO)C(O)C(O)C3O)C(C)O2)C(C)O1. The van der Waals surface area contributed by atoms with Gasteiger partial charge < -0.3 is 87.2 Å². The van der Waals surface area contributed by atoms with Crippen molar-refractivity contribution in [3.8, 4) is 0 Å². The summed E-state index contributed by atoms with van der Waals surface area (Å²) >= 11 is 0. The Morgan fingerprint density at radius 3 is 1.78 bits per heavy atom. The van der Waals surface area contributed by atoms with Crippen molar-refractivity contribution in [1.82, 2.24) is 0 Å². The zero-order chi connectivity index (χ0) is 48.5. The van der Waals surface area contributed by atoms with E-state index in [1.165, 1.54) is 13.4 Å². The summed E-state index contributed by atoms with van der Waals surface area (Å²) in [4.78, 5) is 25.6. The van der Waals surface area contributed by atoms with Crippen LogP contribution >= 0.6 is 0 Å². The minimum atomic E-state index is -1.60. The number of rotatable bonds is 17. The second-order valence-corrected chi connectivity index (χ2v) is 19.3. The van der Waals surface area contributed by atoms with Crippen LogP contribution in [0.1, 0.15) is 95.2 Å². The molecule has 0 spiro atoms. The van der Waals surface area contributed by atoms with E-state index < -0.39 is 141 Å². The van der Waals surface area contributed by atoms with Crippen molar-refractivity contribution in [1.29, 1.82) is 0 Å². The van der Waals surface area contributed by atoms with Crippen molar-refractivity contribution in [2.24, 2.45) is 17.3 Å². The van der Waals surface area contributed by atoms with Gasteiger partial charge >= 0.3 is 5.97 Å². The Labute approximate surface area is 391 Å². The van der Waals surface area contributed by atoms with E-state index in [2.05, 4.69) is 0 Å². The van der Waals surface area contributed by atoms with Crippen molar-refractivity contribution in [3.63, 3.8) is 0 Å². The van der Waals surface area contributed by atoms with E-state index in [4.69, 9.17) is 56.5 Å². The van der Waals surface area contributed by atoms with E-state index >= 15 is 0 Å². The van der Waals surface area contributed by atoms with Gasteiger partial charge in [0.05, 0.1) is 73.2 Å². The summed E-state index contributed by atoms with van der Waals surface area (Å²) in [6.07, 6.45) is -10.4. The number of carboxylic acid groups (broad SMARTS) is 1. The largest absolute Gasteiger partial charge is 0.481 e. The fourth-order valence-electron chi connectivity index (χ4n) is 11.3. The molecule has 7 rings (SSSR count). The summed E-state index contributed by atoms with van der Waals surface area (Å²) in [5.74, 6) is -1.56. The number of ketones is 1. The van der Waals surface area contributed by atoms with Crippen LogP contribution in [0.3, 0.4) is 0 Å². The Bertz CT molecular complexity index is 1820. The summed E-state index contributed by atoms with van der Waals surface area (Å²) in [6.45, 7) is 8.59. The van der Waals surface area contributed by atoms with Gasteiger partial charge in [0.15, 0.2) is 30.9 Å². The molecule has 67 heavy (non-hydrogen) atoms. The molecule has 5 fully saturated rings. The van der Waals surface area contributed by atoms with Gasteiger partial charge in [-0.25, -0.2) is 0 Å². The molecule has 4 aliphatic heterocycles. The molecule has 1 saturated carbocycles. The summed E-state index contributed by atoms with van der Waals surface area (Å²) in [6, 6.07) is 1.64.